The largest absolute Gasteiger partial charge is 0.489 e. The molecular weight excluding hydrogens is 416 g/mol. The Morgan fingerprint density at radius 2 is 1.84 bits per heavy atom. The van der Waals surface area contributed by atoms with Gasteiger partial charge in [0.05, 0.1) is 24.8 Å². The maximum Gasteiger partial charge on any atom is 0.325 e. The third kappa shape index (κ3) is 3.27. The van der Waals surface area contributed by atoms with Crippen molar-refractivity contribution >= 4 is 34.3 Å². The molecule has 0 spiro atoms. The zero-order valence-corrected chi connectivity index (χ0v) is 17.7. The highest BCUT2D eigenvalue weighted by molar-refractivity contribution is 6.32. The van der Waals surface area contributed by atoms with Crippen LogP contribution in [0.2, 0.25) is 5.02 Å². The number of rotatable bonds is 3. The molecule has 7 heteroatoms. The first-order valence-corrected chi connectivity index (χ1v) is 10.6. The molecule has 2 aliphatic heterocycles. The molecular formula is C24H21ClN2O4. The summed E-state index contributed by atoms with van der Waals surface area (Å²) in [6.07, 6.45) is 0.761. The molecule has 3 aromatic rings. The molecule has 1 saturated heterocycles. The maximum atomic E-state index is 13.5. The summed E-state index contributed by atoms with van der Waals surface area (Å²) >= 11 is 6.39. The highest BCUT2D eigenvalue weighted by Crippen LogP contribution is 2.39. The summed E-state index contributed by atoms with van der Waals surface area (Å²) in [5.41, 5.74) is 0.301. The lowest BCUT2D eigenvalue weighted by Gasteiger charge is -2.24. The number of carbonyl (C=O) groups excluding carboxylic acids is 2. The molecule has 0 radical (unpaired) electrons. The molecule has 1 N–H and O–H groups in total. The van der Waals surface area contributed by atoms with E-state index < -0.39 is 11.6 Å². The molecule has 2 heterocycles. The SMILES string of the molecule is C[C@]1(c2cccc3ccccc23)NC(=O)N(Cc2cc(Cl)c3c(c2)OCCCO3)C1=O. The van der Waals surface area contributed by atoms with Crippen LogP contribution in [0, 0.1) is 0 Å². The minimum atomic E-state index is -1.16. The highest BCUT2D eigenvalue weighted by atomic mass is 35.5. The van der Waals surface area contributed by atoms with Crippen molar-refractivity contribution < 1.29 is 19.1 Å². The Kier molecular flexibility index (Phi) is 4.74. The second-order valence-corrected chi connectivity index (χ2v) is 8.34. The van der Waals surface area contributed by atoms with E-state index in [0.717, 1.165) is 22.8 Å². The molecule has 5 rings (SSSR count). The average molecular weight is 437 g/mol. The predicted octanol–water partition coefficient (Wildman–Crippen LogP) is 4.62. The number of urea groups is 1. The van der Waals surface area contributed by atoms with Crippen LogP contribution < -0.4 is 14.8 Å². The van der Waals surface area contributed by atoms with Gasteiger partial charge in [-0.05, 0) is 41.0 Å². The molecule has 158 valence electrons. The Morgan fingerprint density at radius 3 is 2.71 bits per heavy atom. The van der Waals surface area contributed by atoms with Gasteiger partial charge in [0.2, 0.25) is 0 Å². The Bertz CT molecular complexity index is 1210. The van der Waals surface area contributed by atoms with Gasteiger partial charge in [-0.2, -0.15) is 0 Å². The quantitative estimate of drug-likeness (QED) is 0.608. The van der Waals surface area contributed by atoms with Crippen molar-refractivity contribution in [2.75, 3.05) is 13.2 Å². The van der Waals surface area contributed by atoms with Gasteiger partial charge in [-0.1, -0.05) is 54.1 Å². The van der Waals surface area contributed by atoms with E-state index in [-0.39, 0.29) is 12.5 Å². The van der Waals surface area contributed by atoms with E-state index in [1.165, 1.54) is 4.90 Å². The smallest absolute Gasteiger partial charge is 0.325 e. The first-order valence-electron chi connectivity index (χ1n) is 10.2. The minimum absolute atomic E-state index is 0.0847. The molecule has 31 heavy (non-hydrogen) atoms. The van der Waals surface area contributed by atoms with Crippen LogP contribution in [0.1, 0.15) is 24.5 Å². The topological polar surface area (TPSA) is 67.9 Å². The highest BCUT2D eigenvalue weighted by Gasteiger charge is 2.49. The van der Waals surface area contributed by atoms with Crippen LogP contribution in [0.25, 0.3) is 10.8 Å². The number of nitrogens with one attached hydrogen (secondary N) is 1. The fourth-order valence-electron chi connectivity index (χ4n) is 4.24. The second kappa shape index (κ2) is 7.46. The normalized spacial score (nSPS) is 20.6. The molecule has 0 saturated carbocycles. The van der Waals surface area contributed by atoms with Gasteiger partial charge in [-0.15, -0.1) is 0 Å². The molecule has 0 aromatic heterocycles. The summed E-state index contributed by atoms with van der Waals surface area (Å²) in [6, 6.07) is 16.6. The van der Waals surface area contributed by atoms with Crippen LogP contribution in [0.4, 0.5) is 4.79 Å². The van der Waals surface area contributed by atoms with Gasteiger partial charge < -0.3 is 14.8 Å². The molecule has 0 aliphatic carbocycles. The monoisotopic (exact) mass is 436 g/mol. The zero-order chi connectivity index (χ0) is 21.6. The lowest BCUT2D eigenvalue weighted by atomic mass is 9.88. The van der Waals surface area contributed by atoms with Gasteiger partial charge in [0.1, 0.15) is 5.54 Å². The summed E-state index contributed by atoms with van der Waals surface area (Å²) < 4.78 is 11.4. The predicted molar refractivity (Wildman–Crippen MR) is 117 cm³/mol. The lowest BCUT2D eigenvalue weighted by molar-refractivity contribution is -0.131. The van der Waals surface area contributed by atoms with E-state index >= 15 is 0 Å². The zero-order valence-electron chi connectivity index (χ0n) is 17.0. The fraction of sp³-hybridized carbons (Fsp3) is 0.250. The molecule has 2 aliphatic rings. The van der Waals surface area contributed by atoms with Crippen LogP contribution in [-0.2, 0) is 16.9 Å². The summed E-state index contributed by atoms with van der Waals surface area (Å²) in [5, 5.41) is 5.24. The Hall–Kier alpha value is -3.25. The standard InChI is InChI=1S/C24H21ClN2O4/c1-24(18-9-4-7-16-6-2-3-8-17(16)18)22(28)27(23(29)26-24)14-15-12-19(25)21-20(13-15)30-10-5-11-31-21/h2-4,6-9,12-13H,5,10-11,14H2,1H3,(H,26,29)/t24-/m1/s1. The molecule has 1 atom stereocenters. The minimum Gasteiger partial charge on any atom is -0.489 e. The molecule has 1 fully saturated rings. The van der Waals surface area contributed by atoms with Gasteiger partial charge in [-0.3, -0.25) is 9.69 Å². The van der Waals surface area contributed by atoms with Crippen LogP contribution in [0.3, 0.4) is 0 Å². The Labute approximate surface area is 184 Å². The summed E-state index contributed by atoms with van der Waals surface area (Å²) in [7, 11) is 0. The van der Waals surface area contributed by atoms with Crippen molar-refractivity contribution in [1.29, 1.82) is 0 Å². The lowest BCUT2D eigenvalue weighted by Crippen LogP contribution is -2.41. The number of halogens is 1. The number of ether oxygens (including phenoxy) is 2. The molecule has 0 bridgehead atoms. The Balaban J connectivity index is 1.48. The summed E-state index contributed by atoms with van der Waals surface area (Å²) in [4.78, 5) is 27.5. The Morgan fingerprint density at radius 1 is 1.06 bits per heavy atom. The number of hydrogen-bond donors (Lipinski definition) is 1. The van der Waals surface area contributed by atoms with E-state index in [2.05, 4.69) is 5.32 Å². The molecule has 3 amide bonds. The van der Waals surface area contributed by atoms with E-state index in [9.17, 15) is 9.59 Å². The third-order valence-electron chi connectivity index (χ3n) is 5.81. The second-order valence-electron chi connectivity index (χ2n) is 7.93. The first kappa shape index (κ1) is 19.7. The van der Waals surface area contributed by atoms with E-state index in [1.54, 1.807) is 19.1 Å². The van der Waals surface area contributed by atoms with Crippen molar-refractivity contribution in [1.82, 2.24) is 10.2 Å². The van der Waals surface area contributed by atoms with E-state index in [0.29, 0.717) is 35.3 Å². The van der Waals surface area contributed by atoms with Gasteiger partial charge >= 0.3 is 6.03 Å². The van der Waals surface area contributed by atoms with Crippen molar-refractivity contribution in [2.45, 2.75) is 25.4 Å². The number of hydrogen-bond acceptors (Lipinski definition) is 4. The van der Waals surface area contributed by atoms with Crippen molar-refractivity contribution in [2.24, 2.45) is 0 Å². The number of benzene rings is 3. The van der Waals surface area contributed by atoms with Crippen LogP contribution in [0.5, 0.6) is 11.5 Å². The molecule has 3 aromatic carbocycles. The van der Waals surface area contributed by atoms with Crippen LogP contribution in [0.15, 0.2) is 54.6 Å². The fourth-order valence-corrected chi connectivity index (χ4v) is 4.53. The first-order chi connectivity index (χ1) is 15.0. The van der Waals surface area contributed by atoms with Crippen LogP contribution in [-0.4, -0.2) is 30.1 Å². The van der Waals surface area contributed by atoms with Crippen molar-refractivity contribution in [3.05, 3.63) is 70.7 Å². The van der Waals surface area contributed by atoms with Gasteiger partial charge in [0.25, 0.3) is 5.91 Å². The maximum absolute atomic E-state index is 13.5. The third-order valence-corrected chi connectivity index (χ3v) is 6.09. The number of fused-ring (bicyclic) bond motifs is 2. The van der Waals surface area contributed by atoms with Gasteiger partial charge in [0, 0.05) is 6.42 Å². The van der Waals surface area contributed by atoms with Gasteiger partial charge in [-0.25, -0.2) is 4.79 Å². The number of amides is 3. The van der Waals surface area contributed by atoms with Crippen molar-refractivity contribution in [3.8, 4) is 11.5 Å². The van der Waals surface area contributed by atoms with Crippen molar-refractivity contribution in [3.63, 3.8) is 0 Å². The van der Waals surface area contributed by atoms with E-state index in [4.69, 9.17) is 21.1 Å². The molecule has 0 unspecified atom stereocenters. The average Bonchev–Trinajstić information content (AvgIpc) is 2.93. The number of imide groups is 1. The van der Waals surface area contributed by atoms with E-state index in [1.807, 2.05) is 42.5 Å². The summed E-state index contributed by atoms with van der Waals surface area (Å²) in [6.45, 7) is 2.88. The number of nitrogens with zero attached hydrogens (tertiary/aromatic N) is 1. The summed E-state index contributed by atoms with van der Waals surface area (Å²) in [5.74, 6) is 0.724. The van der Waals surface area contributed by atoms with Gasteiger partial charge in [0.15, 0.2) is 11.5 Å². The number of carbonyl (C=O) groups is 2. The molecule has 6 nitrogen and oxygen atoms in total. The van der Waals surface area contributed by atoms with Crippen LogP contribution >= 0.6 is 11.6 Å².